The number of benzene rings is 1. The number of carbonyl (C=O) groups excluding carboxylic acids is 1. The molecule has 0 radical (unpaired) electrons. The molecule has 1 aliphatic rings. The molecule has 114 valence electrons. The second kappa shape index (κ2) is 6.05. The van der Waals surface area contributed by atoms with E-state index in [2.05, 4.69) is 0 Å². The lowest BCUT2D eigenvalue weighted by atomic mass is 10.0. The Morgan fingerprint density at radius 1 is 1.00 bits per heavy atom. The zero-order chi connectivity index (χ0) is 15.5. The molecule has 2 heterocycles. The summed E-state index contributed by atoms with van der Waals surface area (Å²) >= 11 is 0. The SMILES string of the molecule is O=C(O)c1ccc(C(=O)N2CCCCCc3ccccc32)o1. The van der Waals surface area contributed by atoms with Crippen LogP contribution < -0.4 is 4.90 Å². The molecular formula is C17H17NO4. The number of carbonyl (C=O) groups is 2. The van der Waals surface area contributed by atoms with Crippen LogP contribution in [0.25, 0.3) is 0 Å². The molecule has 0 atom stereocenters. The third-order valence-corrected chi connectivity index (χ3v) is 3.88. The monoisotopic (exact) mass is 299 g/mol. The van der Waals surface area contributed by atoms with Gasteiger partial charge in [0.05, 0.1) is 0 Å². The average molecular weight is 299 g/mol. The van der Waals surface area contributed by atoms with Gasteiger partial charge in [-0.2, -0.15) is 0 Å². The summed E-state index contributed by atoms with van der Waals surface area (Å²) in [5, 5.41) is 8.91. The Morgan fingerprint density at radius 3 is 2.55 bits per heavy atom. The van der Waals surface area contributed by atoms with Crippen LogP contribution in [-0.2, 0) is 6.42 Å². The van der Waals surface area contributed by atoms with E-state index < -0.39 is 5.97 Å². The number of aryl methyl sites for hydroxylation is 1. The van der Waals surface area contributed by atoms with Crippen LogP contribution in [0.5, 0.6) is 0 Å². The summed E-state index contributed by atoms with van der Waals surface area (Å²) in [4.78, 5) is 25.3. The van der Waals surface area contributed by atoms with E-state index >= 15 is 0 Å². The van der Waals surface area contributed by atoms with E-state index in [9.17, 15) is 9.59 Å². The molecule has 2 aromatic rings. The van der Waals surface area contributed by atoms with Crippen molar-refractivity contribution in [3.63, 3.8) is 0 Å². The first-order valence-corrected chi connectivity index (χ1v) is 7.40. The van der Waals surface area contributed by atoms with Crippen molar-refractivity contribution < 1.29 is 19.1 Å². The number of nitrogens with zero attached hydrogens (tertiary/aromatic N) is 1. The molecule has 22 heavy (non-hydrogen) atoms. The molecule has 1 aromatic heterocycles. The molecule has 5 nitrogen and oxygen atoms in total. The predicted octanol–water partition coefficient (Wildman–Crippen LogP) is 3.35. The molecule has 1 amide bonds. The molecule has 1 aliphatic heterocycles. The molecular weight excluding hydrogens is 282 g/mol. The molecule has 1 N–H and O–H groups in total. The van der Waals surface area contributed by atoms with E-state index in [0.717, 1.165) is 36.9 Å². The highest BCUT2D eigenvalue weighted by Gasteiger charge is 2.24. The highest BCUT2D eigenvalue weighted by molar-refractivity contribution is 6.05. The van der Waals surface area contributed by atoms with Crippen molar-refractivity contribution in [1.82, 2.24) is 0 Å². The number of carboxylic acid groups (broad SMARTS) is 1. The molecule has 1 aromatic carbocycles. The minimum atomic E-state index is -1.17. The smallest absolute Gasteiger partial charge is 0.371 e. The first-order valence-electron chi connectivity index (χ1n) is 7.40. The van der Waals surface area contributed by atoms with Crippen molar-refractivity contribution in [3.05, 3.63) is 53.5 Å². The maximum absolute atomic E-state index is 12.7. The van der Waals surface area contributed by atoms with E-state index in [1.54, 1.807) is 4.90 Å². The molecule has 0 spiro atoms. The largest absolute Gasteiger partial charge is 0.475 e. The Hall–Kier alpha value is -2.56. The number of fused-ring (bicyclic) bond motifs is 1. The van der Waals surface area contributed by atoms with Gasteiger partial charge in [-0.1, -0.05) is 24.6 Å². The van der Waals surface area contributed by atoms with E-state index in [1.165, 1.54) is 12.1 Å². The van der Waals surface area contributed by atoms with Crippen LogP contribution in [0.4, 0.5) is 5.69 Å². The summed E-state index contributed by atoms with van der Waals surface area (Å²) in [5.41, 5.74) is 2.03. The van der Waals surface area contributed by atoms with Gasteiger partial charge in [0.2, 0.25) is 5.76 Å². The number of para-hydroxylation sites is 1. The molecule has 0 unspecified atom stereocenters. The Labute approximate surface area is 128 Å². The van der Waals surface area contributed by atoms with Crippen LogP contribution in [-0.4, -0.2) is 23.5 Å². The molecule has 0 saturated carbocycles. The van der Waals surface area contributed by atoms with Gasteiger partial charge in [-0.3, -0.25) is 4.79 Å². The standard InChI is InChI=1S/C17H17NO4/c19-16(14-9-10-15(22-14)17(20)21)18-11-5-1-2-6-12-7-3-4-8-13(12)18/h3-4,7-10H,1-2,5-6,11H2,(H,20,21). The third-order valence-electron chi connectivity index (χ3n) is 3.88. The van der Waals surface area contributed by atoms with Gasteiger partial charge in [-0.15, -0.1) is 0 Å². The molecule has 0 aliphatic carbocycles. The first-order chi connectivity index (χ1) is 10.7. The number of aromatic carboxylic acids is 1. The van der Waals surface area contributed by atoms with E-state index in [4.69, 9.17) is 9.52 Å². The van der Waals surface area contributed by atoms with Gasteiger partial charge < -0.3 is 14.4 Å². The maximum atomic E-state index is 12.7. The van der Waals surface area contributed by atoms with Crippen molar-refractivity contribution in [2.75, 3.05) is 11.4 Å². The number of anilines is 1. The lowest BCUT2D eigenvalue weighted by molar-refractivity contribution is 0.0660. The topological polar surface area (TPSA) is 70.8 Å². The van der Waals surface area contributed by atoms with Crippen molar-refractivity contribution >= 4 is 17.6 Å². The van der Waals surface area contributed by atoms with Crippen LogP contribution in [0, 0.1) is 0 Å². The number of furan rings is 1. The zero-order valence-corrected chi connectivity index (χ0v) is 12.1. The minimum absolute atomic E-state index is 0.0628. The Balaban J connectivity index is 1.95. The van der Waals surface area contributed by atoms with Gasteiger partial charge in [-0.05, 0) is 43.0 Å². The second-order valence-corrected chi connectivity index (χ2v) is 5.37. The van der Waals surface area contributed by atoms with Crippen molar-refractivity contribution in [2.24, 2.45) is 0 Å². The molecule has 5 heteroatoms. The number of rotatable bonds is 2. The van der Waals surface area contributed by atoms with Crippen molar-refractivity contribution in [1.29, 1.82) is 0 Å². The number of amides is 1. The molecule has 0 fully saturated rings. The van der Waals surface area contributed by atoms with Crippen molar-refractivity contribution in [3.8, 4) is 0 Å². The fraction of sp³-hybridized carbons (Fsp3) is 0.294. The Morgan fingerprint density at radius 2 is 1.77 bits per heavy atom. The fourth-order valence-corrected chi connectivity index (χ4v) is 2.78. The van der Waals surface area contributed by atoms with E-state index in [-0.39, 0.29) is 17.4 Å². The van der Waals surface area contributed by atoms with Crippen LogP contribution in [0.1, 0.15) is 45.9 Å². The summed E-state index contributed by atoms with van der Waals surface area (Å²) in [7, 11) is 0. The van der Waals surface area contributed by atoms with Crippen molar-refractivity contribution in [2.45, 2.75) is 25.7 Å². The summed E-state index contributed by atoms with van der Waals surface area (Å²) < 4.78 is 5.16. The summed E-state index contributed by atoms with van der Waals surface area (Å²) in [6.07, 6.45) is 4.05. The lowest BCUT2D eigenvalue weighted by Gasteiger charge is -2.26. The highest BCUT2D eigenvalue weighted by atomic mass is 16.4. The van der Waals surface area contributed by atoms with E-state index in [1.807, 2.05) is 24.3 Å². The summed E-state index contributed by atoms with van der Waals surface area (Å²) in [5.74, 6) is -1.62. The summed E-state index contributed by atoms with van der Waals surface area (Å²) in [6.45, 7) is 0.610. The van der Waals surface area contributed by atoms with Gasteiger partial charge in [0.25, 0.3) is 5.91 Å². The minimum Gasteiger partial charge on any atom is -0.475 e. The molecule has 0 saturated heterocycles. The van der Waals surface area contributed by atoms with Gasteiger partial charge in [0.15, 0.2) is 5.76 Å². The van der Waals surface area contributed by atoms with Crippen LogP contribution in [0.15, 0.2) is 40.8 Å². The van der Waals surface area contributed by atoms with Gasteiger partial charge in [0, 0.05) is 12.2 Å². The number of hydrogen-bond acceptors (Lipinski definition) is 3. The lowest BCUT2D eigenvalue weighted by Crippen LogP contribution is -2.33. The van der Waals surface area contributed by atoms with Crippen LogP contribution in [0.3, 0.4) is 0 Å². The average Bonchev–Trinajstić information content (AvgIpc) is 2.98. The second-order valence-electron chi connectivity index (χ2n) is 5.37. The quantitative estimate of drug-likeness (QED) is 0.923. The first kappa shape index (κ1) is 14.4. The Kier molecular flexibility index (Phi) is 3.96. The van der Waals surface area contributed by atoms with Gasteiger partial charge in [-0.25, -0.2) is 4.79 Å². The van der Waals surface area contributed by atoms with Crippen LogP contribution >= 0.6 is 0 Å². The third kappa shape index (κ3) is 2.74. The molecule has 3 rings (SSSR count). The summed E-state index contributed by atoms with van der Waals surface area (Å²) in [6, 6.07) is 10.6. The fourth-order valence-electron chi connectivity index (χ4n) is 2.78. The Bertz CT molecular complexity index is 704. The maximum Gasteiger partial charge on any atom is 0.371 e. The van der Waals surface area contributed by atoms with Crippen LogP contribution in [0.2, 0.25) is 0 Å². The van der Waals surface area contributed by atoms with E-state index in [0.29, 0.717) is 6.54 Å². The normalized spacial score (nSPS) is 14.8. The predicted molar refractivity (Wildman–Crippen MR) is 81.3 cm³/mol. The van der Waals surface area contributed by atoms with Gasteiger partial charge in [0.1, 0.15) is 0 Å². The highest BCUT2D eigenvalue weighted by Crippen LogP contribution is 2.27. The van der Waals surface area contributed by atoms with Gasteiger partial charge >= 0.3 is 5.97 Å². The number of hydrogen-bond donors (Lipinski definition) is 1. The number of carboxylic acids is 1. The molecule has 0 bridgehead atoms. The zero-order valence-electron chi connectivity index (χ0n) is 12.1.